The van der Waals surface area contributed by atoms with Crippen LogP contribution in [0, 0.1) is 0 Å². The molecule has 0 spiro atoms. The number of anilines is 1. The maximum absolute atomic E-state index is 11.8. The van der Waals surface area contributed by atoms with E-state index < -0.39 is 0 Å². The van der Waals surface area contributed by atoms with Gasteiger partial charge in [-0.25, -0.2) is 0 Å². The van der Waals surface area contributed by atoms with Gasteiger partial charge in [0.2, 0.25) is 0 Å². The highest BCUT2D eigenvalue weighted by Gasteiger charge is 2.17. The van der Waals surface area contributed by atoms with Crippen molar-refractivity contribution < 1.29 is 4.79 Å². The standard InChI is InChI=1S/C18H21NO/c1-4-5-6-8-14(2)19(3)16-11-12-17-15(13-16)9-7-10-18(17)20/h4-6,8,11-13H,1,7,9-10H2,2-3H3/b6-5-,14-8+. The van der Waals surface area contributed by atoms with Gasteiger partial charge in [-0.3, -0.25) is 4.79 Å². The summed E-state index contributed by atoms with van der Waals surface area (Å²) in [5.74, 6) is 0.279. The molecule has 1 aliphatic rings. The number of allylic oxidation sites excluding steroid dienone is 5. The fourth-order valence-electron chi connectivity index (χ4n) is 2.43. The Labute approximate surface area is 121 Å². The number of fused-ring (bicyclic) bond motifs is 1. The lowest BCUT2D eigenvalue weighted by Gasteiger charge is -2.23. The molecule has 2 nitrogen and oxygen atoms in total. The zero-order chi connectivity index (χ0) is 14.5. The van der Waals surface area contributed by atoms with E-state index in [1.54, 1.807) is 6.08 Å². The van der Waals surface area contributed by atoms with Gasteiger partial charge in [-0.1, -0.05) is 24.8 Å². The summed E-state index contributed by atoms with van der Waals surface area (Å²) in [6, 6.07) is 6.13. The monoisotopic (exact) mass is 267 g/mol. The number of nitrogens with zero attached hydrogens (tertiary/aromatic N) is 1. The first-order valence-electron chi connectivity index (χ1n) is 6.99. The van der Waals surface area contributed by atoms with Crippen molar-refractivity contribution in [2.75, 3.05) is 11.9 Å². The summed E-state index contributed by atoms with van der Waals surface area (Å²) < 4.78 is 0. The molecule has 0 heterocycles. The van der Waals surface area contributed by atoms with Crippen LogP contribution in [0.1, 0.15) is 35.7 Å². The second-order valence-electron chi connectivity index (χ2n) is 5.11. The van der Waals surface area contributed by atoms with Crippen LogP contribution < -0.4 is 4.90 Å². The van der Waals surface area contributed by atoms with Crippen LogP contribution in [0.15, 0.2) is 54.8 Å². The van der Waals surface area contributed by atoms with Gasteiger partial charge < -0.3 is 4.90 Å². The van der Waals surface area contributed by atoms with Crippen molar-refractivity contribution in [3.63, 3.8) is 0 Å². The molecule has 104 valence electrons. The molecule has 1 aliphatic carbocycles. The normalized spacial score (nSPS) is 15.3. The van der Waals surface area contributed by atoms with E-state index in [-0.39, 0.29) is 5.78 Å². The van der Waals surface area contributed by atoms with Crippen LogP contribution in [0.25, 0.3) is 0 Å². The number of hydrogen-bond donors (Lipinski definition) is 0. The minimum Gasteiger partial charge on any atom is -0.348 e. The number of carbonyl (C=O) groups is 1. The molecule has 0 amide bonds. The number of carbonyl (C=O) groups excluding carboxylic acids is 1. The lowest BCUT2D eigenvalue weighted by molar-refractivity contribution is 0.0972. The van der Waals surface area contributed by atoms with Crippen LogP contribution in [-0.4, -0.2) is 12.8 Å². The van der Waals surface area contributed by atoms with Gasteiger partial charge in [-0.2, -0.15) is 0 Å². The Morgan fingerprint density at radius 3 is 2.85 bits per heavy atom. The number of ketones is 1. The number of hydrogen-bond acceptors (Lipinski definition) is 2. The van der Waals surface area contributed by atoms with E-state index in [0.29, 0.717) is 6.42 Å². The van der Waals surface area contributed by atoms with Gasteiger partial charge in [-0.15, -0.1) is 0 Å². The zero-order valence-corrected chi connectivity index (χ0v) is 12.2. The van der Waals surface area contributed by atoms with Gasteiger partial charge in [0.1, 0.15) is 0 Å². The molecule has 2 rings (SSSR count). The Bertz CT molecular complexity index is 581. The Hall–Kier alpha value is -2.09. The van der Waals surface area contributed by atoms with Crippen LogP contribution in [0.2, 0.25) is 0 Å². The Morgan fingerprint density at radius 1 is 1.30 bits per heavy atom. The zero-order valence-electron chi connectivity index (χ0n) is 12.2. The fourth-order valence-corrected chi connectivity index (χ4v) is 2.43. The van der Waals surface area contributed by atoms with Gasteiger partial charge in [0.15, 0.2) is 5.78 Å². The summed E-state index contributed by atoms with van der Waals surface area (Å²) >= 11 is 0. The van der Waals surface area contributed by atoms with Crippen molar-refractivity contribution in [3.8, 4) is 0 Å². The van der Waals surface area contributed by atoms with Crippen molar-refractivity contribution >= 4 is 11.5 Å². The smallest absolute Gasteiger partial charge is 0.163 e. The maximum Gasteiger partial charge on any atom is 0.163 e. The molecule has 0 bridgehead atoms. The molecule has 0 N–H and O–H groups in total. The van der Waals surface area contributed by atoms with E-state index >= 15 is 0 Å². The van der Waals surface area contributed by atoms with E-state index in [1.807, 2.05) is 37.4 Å². The molecule has 0 atom stereocenters. The molecule has 0 aromatic heterocycles. The summed E-state index contributed by atoms with van der Waals surface area (Å²) in [4.78, 5) is 14.0. The summed E-state index contributed by atoms with van der Waals surface area (Å²) in [5, 5.41) is 0. The third-order valence-electron chi connectivity index (χ3n) is 3.74. The van der Waals surface area contributed by atoms with Gasteiger partial charge in [0.05, 0.1) is 0 Å². The van der Waals surface area contributed by atoms with E-state index in [0.717, 1.165) is 29.8 Å². The Morgan fingerprint density at radius 2 is 2.10 bits per heavy atom. The molecule has 20 heavy (non-hydrogen) atoms. The quantitative estimate of drug-likeness (QED) is 0.759. The SMILES string of the molecule is C=C/C=C\C=C(/C)N(C)c1ccc2c(c1)CCCC2=O. The predicted molar refractivity (Wildman–Crippen MR) is 85.2 cm³/mol. The van der Waals surface area contributed by atoms with Crippen molar-refractivity contribution in [2.45, 2.75) is 26.2 Å². The molecule has 0 aliphatic heterocycles. The van der Waals surface area contributed by atoms with Crippen LogP contribution in [0.4, 0.5) is 5.69 Å². The Kier molecular flexibility index (Phi) is 4.57. The molecule has 1 aromatic carbocycles. The third-order valence-corrected chi connectivity index (χ3v) is 3.74. The van der Waals surface area contributed by atoms with Crippen LogP contribution >= 0.6 is 0 Å². The van der Waals surface area contributed by atoms with Gasteiger partial charge in [-0.05, 0) is 49.6 Å². The van der Waals surface area contributed by atoms with E-state index in [4.69, 9.17) is 0 Å². The largest absolute Gasteiger partial charge is 0.348 e. The number of Topliss-reactive ketones (excluding diaryl/α,β-unsaturated/α-hetero) is 1. The highest BCUT2D eigenvalue weighted by Crippen LogP contribution is 2.27. The summed E-state index contributed by atoms with van der Waals surface area (Å²) in [7, 11) is 2.04. The van der Waals surface area contributed by atoms with Crippen molar-refractivity contribution in [2.24, 2.45) is 0 Å². The van der Waals surface area contributed by atoms with Crippen molar-refractivity contribution in [1.29, 1.82) is 0 Å². The first kappa shape index (κ1) is 14.3. The average Bonchev–Trinajstić information content (AvgIpc) is 2.46. The Balaban J connectivity index is 2.25. The summed E-state index contributed by atoms with van der Waals surface area (Å²) in [6.45, 7) is 5.72. The highest BCUT2D eigenvalue weighted by atomic mass is 16.1. The number of benzene rings is 1. The van der Waals surface area contributed by atoms with Crippen LogP contribution in [0.3, 0.4) is 0 Å². The van der Waals surface area contributed by atoms with Crippen molar-refractivity contribution in [1.82, 2.24) is 0 Å². The van der Waals surface area contributed by atoms with E-state index in [9.17, 15) is 4.79 Å². The maximum atomic E-state index is 11.8. The van der Waals surface area contributed by atoms with Crippen LogP contribution in [0.5, 0.6) is 0 Å². The third kappa shape index (κ3) is 3.08. The highest BCUT2D eigenvalue weighted by molar-refractivity contribution is 5.98. The topological polar surface area (TPSA) is 20.3 Å². The number of rotatable bonds is 4. The molecular formula is C18H21NO. The first-order chi connectivity index (χ1) is 9.63. The molecule has 0 fully saturated rings. The molecule has 2 heteroatoms. The van der Waals surface area contributed by atoms with Crippen LogP contribution in [-0.2, 0) is 6.42 Å². The van der Waals surface area contributed by atoms with Gasteiger partial charge in [0, 0.05) is 30.4 Å². The average molecular weight is 267 g/mol. The van der Waals surface area contributed by atoms with Crippen molar-refractivity contribution in [3.05, 3.63) is 65.9 Å². The summed E-state index contributed by atoms with van der Waals surface area (Å²) in [6.07, 6.45) is 10.3. The fraction of sp³-hybridized carbons (Fsp3) is 0.278. The lowest BCUT2D eigenvalue weighted by Crippen LogP contribution is -2.16. The summed E-state index contributed by atoms with van der Waals surface area (Å²) in [5.41, 5.74) is 4.35. The minimum atomic E-state index is 0.279. The number of aryl methyl sites for hydroxylation is 1. The first-order valence-corrected chi connectivity index (χ1v) is 6.99. The molecule has 0 saturated carbocycles. The molecule has 0 radical (unpaired) electrons. The minimum absolute atomic E-state index is 0.279. The molecule has 1 aromatic rings. The van der Waals surface area contributed by atoms with E-state index in [1.165, 1.54) is 5.56 Å². The second kappa shape index (κ2) is 6.38. The molecular weight excluding hydrogens is 246 g/mol. The second-order valence-corrected chi connectivity index (χ2v) is 5.11. The predicted octanol–water partition coefficient (Wildman–Crippen LogP) is 4.29. The van der Waals surface area contributed by atoms with Gasteiger partial charge in [0.25, 0.3) is 0 Å². The van der Waals surface area contributed by atoms with Gasteiger partial charge >= 0.3 is 0 Å². The van der Waals surface area contributed by atoms with E-state index in [2.05, 4.69) is 24.5 Å². The lowest BCUT2D eigenvalue weighted by atomic mass is 9.90. The molecule has 0 unspecified atom stereocenters. The molecule has 0 saturated heterocycles.